The van der Waals surface area contributed by atoms with Gasteiger partial charge in [0.25, 0.3) is 0 Å². The van der Waals surface area contributed by atoms with Gasteiger partial charge in [-0.2, -0.15) is 13.2 Å². The van der Waals surface area contributed by atoms with Crippen LogP contribution in [0.25, 0.3) is 0 Å². The van der Waals surface area contributed by atoms with Crippen molar-refractivity contribution >= 4 is 27.7 Å². The van der Waals surface area contributed by atoms with Crippen molar-refractivity contribution in [1.82, 2.24) is 0 Å². The molecule has 1 aromatic rings. The van der Waals surface area contributed by atoms with E-state index < -0.39 is 5.51 Å². The van der Waals surface area contributed by atoms with Crippen LogP contribution in [0, 0.1) is 0 Å². The molecule has 0 heterocycles. The topological polar surface area (TPSA) is 27.7 Å². The highest BCUT2D eigenvalue weighted by Gasteiger charge is 2.27. The fourth-order valence-corrected chi connectivity index (χ4v) is 2.18. The first-order chi connectivity index (χ1) is 9.41. The fraction of sp³-hybridized carbons (Fsp3) is 0.500. The Morgan fingerprint density at radius 1 is 1.15 bits per heavy atom. The lowest BCUT2D eigenvalue weighted by molar-refractivity contribution is -0.0329. The van der Waals surface area contributed by atoms with Crippen LogP contribution in [-0.4, -0.2) is 32.1 Å². The minimum Gasteiger partial charge on any atom is -0.493 e. The SMILES string of the molecule is COc1cc(CBr)cc(OC)c1OCCSC(F)(F)F. The van der Waals surface area contributed by atoms with Crippen LogP contribution < -0.4 is 14.2 Å². The van der Waals surface area contributed by atoms with Crippen molar-refractivity contribution in [3.63, 3.8) is 0 Å². The summed E-state index contributed by atoms with van der Waals surface area (Å²) in [6, 6.07) is 3.48. The molecule has 0 aliphatic heterocycles. The summed E-state index contributed by atoms with van der Waals surface area (Å²) in [7, 11) is 2.92. The van der Waals surface area contributed by atoms with Gasteiger partial charge in [-0.05, 0) is 29.5 Å². The Morgan fingerprint density at radius 3 is 2.10 bits per heavy atom. The Kier molecular flexibility index (Phi) is 6.81. The highest BCUT2D eigenvalue weighted by Crippen LogP contribution is 2.39. The van der Waals surface area contributed by atoms with Crippen LogP contribution in [0.4, 0.5) is 13.2 Å². The Balaban J connectivity index is 2.77. The Labute approximate surface area is 127 Å². The number of thioether (sulfide) groups is 1. The zero-order valence-electron chi connectivity index (χ0n) is 10.9. The molecule has 0 saturated heterocycles. The molecule has 0 aromatic heterocycles. The lowest BCUT2D eigenvalue weighted by atomic mass is 10.2. The zero-order valence-corrected chi connectivity index (χ0v) is 13.3. The molecule has 3 nitrogen and oxygen atoms in total. The van der Waals surface area contributed by atoms with Crippen molar-refractivity contribution in [3.8, 4) is 17.2 Å². The molecule has 114 valence electrons. The minimum absolute atomic E-state index is 0.0927. The van der Waals surface area contributed by atoms with Crippen LogP contribution in [0.15, 0.2) is 12.1 Å². The van der Waals surface area contributed by atoms with E-state index in [0.29, 0.717) is 22.6 Å². The molecular weight excluding hydrogens is 361 g/mol. The van der Waals surface area contributed by atoms with Gasteiger partial charge in [-0.25, -0.2) is 0 Å². The van der Waals surface area contributed by atoms with Gasteiger partial charge in [0.2, 0.25) is 5.75 Å². The molecule has 0 fully saturated rings. The van der Waals surface area contributed by atoms with Gasteiger partial charge in [0, 0.05) is 11.1 Å². The summed E-state index contributed by atoms with van der Waals surface area (Å²) in [5.41, 5.74) is -3.34. The maximum Gasteiger partial charge on any atom is 0.441 e. The first kappa shape index (κ1) is 17.3. The molecule has 0 spiro atoms. The molecule has 0 aliphatic carbocycles. The van der Waals surface area contributed by atoms with Crippen LogP contribution in [0.2, 0.25) is 0 Å². The number of hydrogen-bond donors (Lipinski definition) is 0. The average Bonchev–Trinajstić information content (AvgIpc) is 2.41. The molecular formula is C12H14BrF3O3S. The normalized spacial score (nSPS) is 11.3. The van der Waals surface area contributed by atoms with Gasteiger partial charge in [0.15, 0.2) is 11.5 Å². The molecule has 0 radical (unpaired) electrons. The molecule has 1 aromatic carbocycles. The zero-order chi connectivity index (χ0) is 15.2. The number of alkyl halides is 4. The molecule has 8 heteroatoms. The van der Waals surface area contributed by atoms with E-state index >= 15 is 0 Å². The Hall–Kier alpha value is -0.760. The van der Waals surface area contributed by atoms with Gasteiger partial charge in [-0.1, -0.05) is 15.9 Å². The van der Waals surface area contributed by atoms with E-state index in [9.17, 15) is 13.2 Å². The molecule has 20 heavy (non-hydrogen) atoms. The number of halogens is 4. The lowest BCUT2D eigenvalue weighted by Crippen LogP contribution is -2.08. The van der Waals surface area contributed by atoms with E-state index in [1.54, 1.807) is 12.1 Å². The number of rotatable bonds is 7. The quantitative estimate of drug-likeness (QED) is 0.527. The standard InChI is InChI=1S/C12H14BrF3O3S/c1-17-9-5-8(7-13)6-10(18-2)11(9)19-3-4-20-12(14,15)16/h5-6H,3-4,7H2,1-2H3. The summed E-state index contributed by atoms with van der Waals surface area (Å²) in [5, 5.41) is 0.601. The van der Waals surface area contributed by atoms with Crippen molar-refractivity contribution in [2.45, 2.75) is 10.8 Å². The first-order valence-corrected chi connectivity index (χ1v) is 7.66. The molecule has 1 rings (SSSR count). The molecule has 0 aliphatic rings. The smallest absolute Gasteiger partial charge is 0.441 e. The van der Waals surface area contributed by atoms with E-state index in [1.807, 2.05) is 0 Å². The summed E-state index contributed by atoms with van der Waals surface area (Å²) >= 11 is 3.19. The maximum atomic E-state index is 12.0. The predicted octanol–water partition coefficient (Wildman–Crippen LogP) is 4.23. The highest BCUT2D eigenvalue weighted by atomic mass is 79.9. The van der Waals surface area contributed by atoms with Gasteiger partial charge >= 0.3 is 5.51 Å². The lowest BCUT2D eigenvalue weighted by Gasteiger charge is -2.15. The second-order valence-electron chi connectivity index (χ2n) is 3.61. The summed E-state index contributed by atoms with van der Waals surface area (Å²) < 4.78 is 51.8. The number of methoxy groups -OCH3 is 2. The molecule has 0 amide bonds. The monoisotopic (exact) mass is 374 g/mol. The van der Waals surface area contributed by atoms with Gasteiger partial charge in [-0.3, -0.25) is 0 Å². The van der Waals surface area contributed by atoms with Crippen molar-refractivity contribution in [2.75, 3.05) is 26.6 Å². The summed E-state index contributed by atoms with van der Waals surface area (Å²) in [4.78, 5) is 0. The number of hydrogen-bond acceptors (Lipinski definition) is 4. The molecule has 0 saturated carbocycles. The molecule has 0 atom stereocenters. The molecule has 0 bridgehead atoms. The van der Waals surface area contributed by atoms with Gasteiger partial charge in [-0.15, -0.1) is 0 Å². The van der Waals surface area contributed by atoms with Crippen LogP contribution >= 0.6 is 27.7 Å². The maximum absolute atomic E-state index is 12.0. The van der Waals surface area contributed by atoms with Crippen LogP contribution in [0.1, 0.15) is 5.56 Å². The summed E-state index contributed by atoms with van der Waals surface area (Å²) in [6.45, 7) is -0.0927. The third kappa shape index (κ3) is 5.32. The fourth-order valence-electron chi connectivity index (χ4n) is 1.45. The second kappa shape index (κ2) is 7.87. The van der Waals surface area contributed by atoms with Crippen LogP contribution in [0.5, 0.6) is 17.2 Å². The third-order valence-electron chi connectivity index (χ3n) is 2.27. The van der Waals surface area contributed by atoms with E-state index in [2.05, 4.69) is 15.9 Å². The summed E-state index contributed by atoms with van der Waals surface area (Å²) in [6.07, 6.45) is 0. The van der Waals surface area contributed by atoms with Gasteiger partial charge in [0.05, 0.1) is 20.8 Å². The Bertz CT molecular complexity index is 415. The Morgan fingerprint density at radius 2 is 1.70 bits per heavy atom. The minimum atomic E-state index is -4.25. The van der Waals surface area contributed by atoms with Crippen molar-refractivity contribution in [1.29, 1.82) is 0 Å². The molecule has 0 N–H and O–H groups in total. The van der Waals surface area contributed by atoms with Crippen molar-refractivity contribution < 1.29 is 27.4 Å². The third-order valence-corrected chi connectivity index (χ3v) is 3.62. The van der Waals surface area contributed by atoms with Crippen molar-refractivity contribution in [2.24, 2.45) is 0 Å². The van der Waals surface area contributed by atoms with E-state index in [4.69, 9.17) is 14.2 Å². The van der Waals surface area contributed by atoms with Crippen LogP contribution in [-0.2, 0) is 5.33 Å². The first-order valence-electron chi connectivity index (χ1n) is 5.55. The van der Waals surface area contributed by atoms with E-state index in [-0.39, 0.29) is 24.1 Å². The predicted molar refractivity (Wildman–Crippen MR) is 76.2 cm³/mol. The second-order valence-corrected chi connectivity index (χ2v) is 5.33. The van der Waals surface area contributed by atoms with Crippen LogP contribution in [0.3, 0.4) is 0 Å². The van der Waals surface area contributed by atoms with Gasteiger partial charge in [0.1, 0.15) is 0 Å². The summed E-state index contributed by atoms with van der Waals surface area (Å²) in [5.74, 6) is 0.963. The van der Waals surface area contributed by atoms with E-state index in [1.165, 1.54) is 14.2 Å². The number of ether oxygens (including phenoxy) is 3. The average molecular weight is 375 g/mol. The van der Waals surface area contributed by atoms with E-state index in [0.717, 1.165) is 5.56 Å². The largest absolute Gasteiger partial charge is 0.493 e. The van der Waals surface area contributed by atoms with Crippen molar-refractivity contribution in [3.05, 3.63) is 17.7 Å². The van der Waals surface area contributed by atoms with Gasteiger partial charge < -0.3 is 14.2 Å². The number of benzene rings is 1. The highest BCUT2D eigenvalue weighted by molar-refractivity contribution is 9.08. The molecule has 0 unspecified atom stereocenters.